The van der Waals surface area contributed by atoms with Gasteiger partial charge in [-0.3, -0.25) is 14.6 Å². The molecule has 0 saturated carbocycles. The molecule has 2 aromatic heterocycles. The van der Waals surface area contributed by atoms with E-state index < -0.39 is 0 Å². The topological polar surface area (TPSA) is 66.7 Å². The number of hydrogen-bond donors (Lipinski definition) is 2. The molecule has 0 saturated heterocycles. The zero-order valence-corrected chi connectivity index (χ0v) is 10.2. The smallest absolute Gasteiger partial charge is 0.199 e. The molecule has 0 aliphatic rings. The summed E-state index contributed by atoms with van der Waals surface area (Å²) in [6, 6.07) is 9.79. The number of aromatic nitrogens is 4. The van der Waals surface area contributed by atoms with Crippen LogP contribution in [0.15, 0.2) is 36.5 Å². The Bertz CT molecular complexity index is 762. The number of pyridine rings is 1. The van der Waals surface area contributed by atoms with Gasteiger partial charge in [0.2, 0.25) is 0 Å². The Morgan fingerprint density at radius 1 is 1.33 bits per heavy atom. The van der Waals surface area contributed by atoms with Gasteiger partial charge in [0.15, 0.2) is 10.6 Å². The lowest BCUT2D eigenvalue weighted by Gasteiger charge is -2.05. The second-order valence-corrected chi connectivity index (χ2v) is 4.21. The van der Waals surface area contributed by atoms with E-state index in [0.717, 1.165) is 16.6 Å². The van der Waals surface area contributed by atoms with Crippen molar-refractivity contribution in [3.05, 3.63) is 47.1 Å². The van der Waals surface area contributed by atoms with Gasteiger partial charge in [0.1, 0.15) is 6.61 Å². The summed E-state index contributed by atoms with van der Waals surface area (Å²) in [5.41, 5.74) is 1.71. The maximum Gasteiger partial charge on any atom is 0.199 e. The standard InChI is InChI=1S/C12H10N4OS/c17-7-11-14-15-12(18)16(11)9-5-8-3-1-2-4-10(8)13-6-9/h1-6,17H,7H2,(H,15,18). The minimum atomic E-state index is -0.181. The van der Waals surface area contributed by atoms with Gasteiger partial charge in [0, 0.05) is 5.39 Å². The lowest BCUT2D eigenvalue weighted by atomic mass is 10.2. The zero-order chi connectivity index (χ0) is 12.5. The van der Waals surface area contributed by atoms with Crippen molar-refractivity contribution >= 4 is 23.1 Å². The number of aromatic amines is 1. The molecule has 18 heavy (non-hydrogen) atoms. The van der Waals surface area contributed by atoms with Crippen LogP contribution < -0.4 is 0 Å². The average Bonchev–Trinajstić information content (AvgIpc) is 2.79. The SMILES string of the molecule is OCc1n[nH]c(=S)n1-c1cnc2ccccc2c1. The van der Waals surface area contributed by atoms with Gasteiger partial charge in [0.05, 0.1) is 17.4 Å². The number of aliphatic hydroxyl groups excluding tert-OH is 1. The molecule has 0 aliphatic heterocycles. The van der Waals surface area contributed by atoms with Crippen LogP contribution >= 0.6 is 12.2 Å². The van der Waals surface area contributed by atoms with Crippen molar-refractivity contribution in [3.63, 3.8) is 0 Å². The number of aliphatic hydroxyl groups is 1. The van der Waals surface area contributed by atoms with E-state index in [9.17, 15) is 5.11 Å². The third-order valence-corrected chi connectivity index (χ3v) is 2.99. The Hall–Kier alpha value is -2.05. The number of H-pyrrole nitrogens is 1. The van der Waals surface area contributed by atoms with Crippen LogP contribution in [-0.2, 0) is 6.61 Å². The summed E-state index contributed by atoms with van der Waals surface area (Å²) in [5.74, 6) is 0.470. The summed E-state index contributed by atoms with van der Waals surface area (Å²) in [6.45, 7) is -0.181. The van der Waals surface area contributed by atoms with Crippen molar-refractivity contribution in [2.45, 2.75) is 6.61 Å². The molecular weight excluding hydrogens is 248 g/mol. The monoisotopic (exact) mass is 258 g/mol. The fraction of sp³-hybridized carbons (Fsp3) is 0.0833. The molecule has 0 bridgehead atoms. The van der Waals surface area contributed by atoms with Gasteiger partial charge in [-0.2, -0.15) is 5.10 Å². The van der Waals surface area contributed by atoms with Crippen LogP contribution in [0.1, 0.15) is 5.82 Å². The molecule has 0 radical (unpaired) electrons. The van der Waals surface area contributed by atoms with Gasteiger partial charge in [-0.1, -0.05) is 18.2 Å². The highest BCUT2D eigenvalue weighted by atomic mass is 32.1. The maximum atomic E-state index is 9.24. The maximum absolute atomic E-state index is 9.24. The fourth-order valence-corrected chi connectivity index (χ4v) is 2.14. The van der Waals surface area contributed by atoms with Gasteiger partial charge < -0.3 is 5.11 Å². The van der Waals surface area contributed by atoms with E-state index in [4.69, 9.17) is 12.2 Å². The van der Waals surface area contributed by atoms with Crippen LogP contribution in [0.5, 0.6) is 0 Å². The normalized spacial score (nSPS) is 10.9. The Kier molecular flexibility index (Phi) is 2.66. The summed E-state index contributed by atoms with van der Waals surface area (Å²) < 4.78 is 2.12. The predicted molar refractivity (Wildman–Crippen MR) is 70.0 cm³/mol. The molecule has 2 N–H and O–H groups in total. The van der Waals surface area contributed by atoms with E-state index >= 15 is 0 Å². The van der Waals surface area contributed by atoms with Gasteiger partial charge in [-0.25, -0.2) is 0 Å². The van der Waals surface area contributed by atoms with Gasteiger partial charge in [-0.05, 0) is 24.4 Å². The Labute approximate surface area is 108 Å². The van der Waals surface area contributed by atoms with Crippen molar-refractivity contribution in [1.29, 1.82) is 0 Å². The summed E-state index contributed by atoms with van der Waals surface area (Å²) in [6.07, 6.45) is 1.72. The first-order chi connectivity index (χ1) is 8.79. The molecule has 2 heterocycles. The minimum absolute atomic E-state index is 0.181. The van der Waals surface area contributed by atoms with Crippen molar-refractivity contribution in [2.75, 3.05) is 0 Å². The number of hydrogen-bond acceptors (Lipinski definition) is 4. The van der Waals surface area contributed by atoms with Gasteiger partial charge in [-0.15, -0.1) is 0 Å². The highest BCUT2D eigenvalue weighted by molar-refractivity contribution is 7.71. The molecule has 0 unspecified atom stereocenters. The third-order valence-electron chi connectivity index (χ3n) is 2.72. The summed E-state index contributed by atoms with van der Waals surface area (Å²) in [5, 5.41) is 16.9. The van der Waals surface area contributed by atoms with Gasteiger partial charge in [0.25, 0.3) is 0 Å². The van der Waals surface area contributed by atoms with E-state index in [-0.39, 0.29) is 6.61 Å². The summed E-state index contributed by atoms with van der Waals surface area (Å²) >= 11 is 5.15. The van der Waals surface area contributed by atoms with Gasteiger partial charge >= 0.3 is 0 Å². The quantitative estimate of drug-likeness (QED) is 0.690. The highest BCUT2D eigenvalue weighted by Gasteiger charge is 2.08. The zero-order valence-electron chi connectivity index (χ0n) is 9.37. The lowest BCUT2D eigenvalue weighted by Crippen LogP contribution is -2.01. The van der Waals surface area contributed by atoms with Crippen molar-refractivity contribution in [3.8, 4) is 5.69 Å². The first kappa shape index (κ1) is 11.1. The highest BCUT2D eigenvalue weighted by Crippen LogP contribution is 2.17. The van der Waals surface area contributed by atoms with E-state index in [1.54, 1.807) is 10.8 Å². The van der Waals surface area contributed by atoms with Crippen LogP contribution in [0.2, 0.25) is 0 Å². The molecule has 6 heteroatoms. The number of rotatable bonds is 2. The van der Waals surface area contributed by atoms with E-state index in [0.29, 0.717) is 10.6 Å². The first-order valence-corrected chi connectivity index (χ1v) is 5.83. The molecule has 1 aromatic carbocycles. The van der Waals surface area contributed by atoms with Crippen LogP contribution in [0.25, 0.3) is 16.6 Å². The number of nitrogens with zero attached hydrogens (tertiary/aromatic N) is 3. The molecule has 3 aromatic rings. The van der Waals surface area contributed by atoms with Crippen LogP contribution in [0, 0.1) is 4.77 Å². The largest absolute Gasteiger partial charge is 0.388 e. The molecule has 90 valence electrons. The third kappa shape index (κ3) is 1.71. The van der Waals surface area contributed by atoms with Crippen molar-refractivity contribution in [1.82, 2.24) is 19.7 Å². The molecule has 0 amide bonds. The van der Waals surface area contributed by atoms with E-state index in [1.165, 1.54) is 0 Å². The van der Waals surface area contributed by atoms with Crippen LogP contribution in [0.4, 0.5) is 0 Å². The number of para-hydroxylation sites is 1. The Morgan fingerprint density at radius 2 is 2.17 bits per heavy atom. The predicted octanol–water partition coefficient (Wildman–Crippen LogP) is 1.97. The molecule has 0 atom stereocenters. The van der Waals surface area contributed by atoms with Crippen molar-refractivity contribution in [2.24, 2.45) is 0 Å². The molecule has 5 nitrogen and oxygen atoms in total. The number of nitrogens with one attached hydrogen (secondary N) is 1. The van der Waals surface area contributed by atoms with E-state index in [2.05, 4.69) is 15.2 Å². The average molecular weight is 258 g/mol. The minimum Gasteiger partial charge on any atom is -0.388 e. The molecule has 3 rings (SSSR count). The first-order valence-electron chi connectivity index (χ1n) is 5.42. The Balaban J connectivity index is 2.25. The van der Waals surface area contributed by atoms with Crippen LogP contribution in [-0.4, -0.2) is 24.9 Å². The van der Waals surface area contributed by atoms with Crippen LogP contribution in [0.3, 0.4) is 0 Å². The second kappa shape index (κ2) is 4.32. The summed E-state index contributed by atoms with van der Waals surface area (Å²) in [4.78, 5) is 4.36. The molecule has 0 fully saturated rings. The molecular formula is C12H10N4OS. The van der Waals surface area contributed by atoms with E-state index in [1.807, 2.05) is 30.3 Å². The molecule has 0 aliphatic carbocycles. The fourth-order valence-electron chi connectivity index (χ4n) is 1.88. The lowest BCUT2D eigenvalue weighted by molar-refractivity contribution is 0.269. The number of benzene rings is 1. The Morgan fingerprint density at radius 3 is 3.00 bits per heavy atom. The van der Waals surface area contributed by atoms with Crippen molar-refractivity contribution < 1.29 is 5.11 Å². The number of fused-ring (bicyclic) bond motifs is 1. The summed E-state index contributed by atoms with van der Waals surface area (Å²) in [7, 11) is 0. The second-order valence-electron chi connectivity index (χ2n) is 3.82. The molecule has 0 spiro atoms.